The first-order chi connectivity index (χ1) is 11.7. The summed E-state index contributed by atoms with van der Waals surface area (Å²) in [4.78, 5) is 6.59. The molecule has 0 spiro atoms. The number of ether oxygens (including phenoxy) is 1. The van der Waals surface area contributed by atoms with Crippen molar-refractivity contribution in [2.45, 2.75) is 32.0 Å². The predicted octanol–water partition coefficient (Wildman–Crippen LogP) is 3.50. The Morgan fingerprint density at radius 2 is 2.29 bits per heavy atom. The van der Waals surface area contributed by atoms with Crippen LogP contribution in [0.1, 0.15) is 24.0 Å². The van der Waals surface area contributed by atoms with E-state index in [2.05, 4.69) is 15.2 Å². The molecule has 1 aromatic carbocycles. The Balaban J connectivity index is 1.68. The van der Waals surface area contributed by atoms with Gasteiger partial charge in [-0.15, -0.1) is 0 Å². The Hall–Kier alpha value is -1.62. The SMILES string of the molecule is CNC1CCCN(Cc2cc(Cl)ccc2OCc2cccnc2)C1. The number of halogens is 1. The van der Waals surface area contributed by atoms with Gasteiger partial charge in [-0.2, -0.15) is 0 Å². The summed E-state index contributed by atoms with van der Waals surface area (Å²) in [5.74, 6) is 0.898. The number of likely N-dealkylation sites (tertiary alicyclic amines) is 1. The number of hydrogen-bond acceptors (Lipinski definition) is 4. The van der Waals surface area contributed by atoms with E-state index in [4.69, 9.17) is 16.3 Å². The highest BCUT2D eigenvalue weighted by molar-refractivity contribution is 6.30. The van der Waals surface area contributed by atoms with Crippen molar-refractivity contribution in [1.29, 1.82) is 0 Å². The van der Waals surface area contributed by atoms with Crippen LogP contribution in [0.3, 0.4) is 0 Å². The average molecular weight is 346 g/mol. The first-order valence-electron chi connectivity index (χ1n) is 8.44. The highest BCUT2D eigenvalue weighted by Gasteiger charge is 2.19. The summed E-state index contributed by atoms with van der Waals surface area (Å²) in [7, 11) is 2.04. The molecule has 1 fully saturated rings. The van der Waals surface area contributed by atoms with E-state index in [-0.39, 0.29) is 0 Å². The van der Waals surface area contributed by atoms with E-state index in [0.29, 0.717) is 12.6 Å². The van der Waals surface area contributed by atoms with Crippen LogP contribution in [-0.4, -0.2) is 36.1 Å². The van der Waals surface area contributed by atoms with Crippen molar-refractivity contribution in [1.82, 2.24) is 15.2 Å². The first-order valence-corrected chi connectivity index (χ1v) is 8.82. The number of rotatable bonds is 6. The van der Waals surface area contributed by atoms with Gasteiger partial charge in [0.25, 0.3) is 0 Å². The molecule has 1 aliphatic heterocycles. The van der Waals surface area contributed by atoms with Crippen molar-refractivity contribution in [3.05, 3.63) is 58.9 Å². The average Bonchev–Trinajstić information content (AvgIpc) is 2.62. The number of benzene rings is 1. The number of aromatic nitrogens is 1. The zero-order valence-corrected chi connectivity index (χ0v) is 14.8. The maximum Gasteiger partial charge on any atom is 0.124 e. The quantitative estimate of drug-likeness (QED) is 0.869. The summed E-state index contributed by atoms with van der Waals surface area (Å²) < 4.78 is 6.03. The number of likely N-dealkylation sites (N-methyl/N-ethyl adjacent to an activating group) is 1. The molecular formula is C19H24ClN3O. The molecule has 0 saturated carbocycles. The lowest BCUT2D eigenvalue weighted by atomic mass is 10.0. The van der Waals surface area contributed by atoms with E-state index in [0.717, 1.165) is 41.5 Å². The third-order valence-corrected chi connectivity index (χ3v) is 4.68. The second kappa shape index (κ2) is 8.47. The van der Waals surface area contributed by atoms with Crippen molar-refractivity contribution in [3.8, 4) is 5.75 Å². The van der Waals surface area contributed by atoms with Crippen LogP contribution in [0, 0.1) is 0 Å². The van der Waals surface area contributed by atoms with Crippen LogP contribution in [0.2, 0.25) is 5.02 Å². The van der Waals surface area contributed by atoms with Gasteiger partial charge in [-0.1, -0.05) is 17.7 Å². The van der Waals surface area contributed by atoms with Gasteiger partial charge in [0.15, 0.2) is 0 Å². The van der Waals surface area contributed by atoms with Gasteiger partial charge in [0.05, 0.1) is 0 Å². The minimum atomic E-state index is 0.515. The monoisotopic (exact) mass is 345 g/mol. The molecule has 2 heterocycles. The van der Waals surface area contributed by atoms with Crippen LogP contribution in [0.4, 0.5) is 0 Å². The highest BCUT2D eigenvalue weighted by Crippen LogP contribution is 2.26. The maximum atomic E-state index is 6.21. The first kappa shape index (κ1) is 17.2. The van der Waals surface area contributed by atoms with E-state index in [1.807, 2.05) is 43.6 Å². The van der Waals surface area contributed by atoms with Gasteiger partial charge in [-0.25, -0.2) is 0 Å². The van der Waals surface area contributed by atoms with Gasteiger partial charge < -0.3 is 10.1 Å². The van der Waals surface area contributed by atoms with E-state index < -0.39 is 0 Å². The van der Waals surface area contributed by atoms with Crippen LogP contribution in [-0.2, 0) is 13.2 Å². The lowest BCUT2D eigenvalue weighted by Gasteiger charge is -2.32. The Morgan fingerprint density at radius 1 is 1.38 bits per heavy atom. The molecule has 24 heavy (non-hydrogen) atoms. The molecule has 5 heteroatoms. The lowest BCUT2D eigenvalue weighted by Crippen LogP contribution is -2.43. The fraction of sp³-hybridized carbons (Fsp3) is 0.421. The predicted molar refractivity (Wildman–Crippen MR) is 97.4 cm³/mol. The van der Waals surface area contributed by atoms with Crippen LogP contribution >= 0.6 is 11.6 Å². The lowest BCUT2D eigenvalue weighted by molar-refractivity contribution is 0.184. The van der Waals surface area contributed by atoms with Crippen molar-refractivity contribution < 1.29 is 4.74 Å². The molecule has 0 amide bonds. The zero-order chi connectivity index (χ0) is 16.8. The molecule has 1 N–H and O–H groups in total. The van der Waals surface area contributed by atoms with Crippen LogP contribution in [0.15, 0.2) is 42.7 Å². The Kier molecular flexibility index (Phi) is 6.07. The molecule has 3 rings (SSSR count). The van der Waals surface area contributed by atoms with Gasteiger partial charge in [0, 0.05) is 47.7 Å². The van der Waals surface area contributed by atoms with Gasteiger partial charge in [0.1, 0.15) is 12.4 Å². The molecule has 0 aliphatic carbocycles. The summed E-state index contributed by atoms with van der Waals surface area (Å²) in [6, 6.07) is 10.4. The van der Waals surface area contributed by atoms with E-state index in [1.165, 1.54) is 12.8 Å². The number of nitrogens with one attached hydrogen (secondary N) is 1. The molecule has 1 atom stereocenters. The van der Waals surface area contributed by atoms with Crippen LogP contribution in [0.5, 0.6) is 5.75 Å². The molecule has 1 aromatic heterocycles. The Labute approximate surface area is 148 Å². The molecule has 1 aliphatic rings. The van der Waals surface area contributed by atoms with Crippen LogP contribution in [0.25, 0.3) is 0 Å². The molecule has 4 nitrogen and oxygen atoms in total. The summed E-state index contributed by atoms with van der Waals surface area (Å²) in [6.07, 6.45) is 6.06. The van der Waals surface area contributed by atoms with Gasteiger partial charge in [0.2, 0.25) is 0 Å². The van der Waals surface area contributed by atoms with Crippen molar-refractivity contribution in [3.63, 3.8) is 0 Å². The van der Waals surface area contributed by atoms with Gasteiger partial charge >= 0.3 is 0 Å². The fourth-order valence-electron chi connectivity index (χ4n) is 3.13. The number of hydrogen-bond donors (Lipinski definition) is 1. The number of piperidine rings is 1. The number of nitrogens with zero attached hydrogens (tertiary/aromatic N) is 2. The molecule has 1 unspecified atom stereocenters. The number of pyridine rings is 1. The minimum absolute atomic E-state index is 0.515. The fourth-order valence-corrected chi connectivity index (χ4v) is 3.33. The molecule has 0 radical (unpaired) electrons. The molecule has 1 saturated heterocycles. The van der Waals surface area contributed by atoms with Gasteiger partial charge in [-0.05, 0) is 50.7 Å². The molecule has 128 valence electrons. The Bertz CT molecular complexity index is 650. The topological polar surface area (TPSA) is 37.4 Å². The third kappa shape index (κ3) is 4.69. The second-order valence-electron chi connectivity index (χ2n) is 6.26. The minimum Gasteiger partial charge on any atom is -0.489 e. The standard InChI is InChI=1S/C19H24ClN3O/c1-21-18-5-3-9-23(13-18)12-16-10-17(20)6-7-19(16)24-14-15-4-2-8-22-11-15/h2,4,6-8,10-11,18,21H,3,5,9,12-14H2,1H3. The third-order valence-electron chi connectivity index (χ3n) is 4.45. The van der Waals surface area contributed by atoms with Gasteiger partial charge in [-0.3, -0.25) is 9.88 Å². The Morgan fingerprint density at radius 3 is 3.08 bits per heavy atom. The van der Waals surface area contributed by atoms with E-state index >= 15 is 0 Å². The van der Waals surface area contributed by atoms with Crippen molar-refractivity contribution in [2.24, 2.45) is 0 Å². The largest absolute Gasteiger partial charge is 0.489 e. The summed E-state index contributed by atoms with van der Waals surface area (Å²) in [5.41, 5.74) is 2.20. The van der Waals surface area contributed by atoms with E-state index in [1.54, 1.807) is 6.20 Å². The molecule has 0 bridgehead atoms. The molecule has 2 aromatic rings. The normalized spacial score (nSPS) is 18.5. The summed E-state index contributed by atoms with van der Waals surface area (Å²) >= 11 is 6.21. The molecular weight excluding hydrogens is 322 g/mol. The highest BCUT2D eigenvalue weighted by atomic mass is 35.5. The summed E-state index contributed by atoms with van der Waals surface area (Å²) in [6.45, 7) is 3.56. The second-order valence-corrected chi connectivity index (χ2v) is 6.70. The summed E-state index contributed by atoms with van der Waals surface area (Å²) in [5, 5.41) is 4.14. The maximum absolute atomic E-state index is 6.21. The van der Waals surface area contributed by atoms with Crippen molar-refractivity contribution >= 4 is 11.6 Å². The van der Waals surface area contributed by atoms with E-state index in [9.17, 15) is 0 Å². The zero-order valence-electron chi connectivity index (χ0n) is 14.0. The van der Waals surface area contributed by atoms with Crippen molar-refractivity contribution in [2.75, 3.05) is 20.1 Å². The van der Waals surface area contributed by atoms with Crippen LogP contribution < -0.4 is 10.1 Å². The smallest absolute Gasteiger partial charge is 0.124 e.